The second-order valence-electron chi connectivity index (χ2n) is 5.01. The normalized spacial score (nSPS) is 12.6. The summed E-state index contributed by atoms with van der Waals surface area (Å²) in [6.07, 6.45) is 1.61. The third kappa shape index (κ3) is 5.48. The molecule has 0 aliphatic carbocycles. The zero-order valence-corrected chi connectivity index (χ0v) is 10.9. The van der Waals surface area contributed by atoms with Gasteiger partial charge in [-0.1, -0.05) is 30.3 Å². The Morgan fingerprint density at radius 1 is 1.33 bits per heavy atom. The van der Waals surface area contributed by atoms with Gasteiger partial charge in [0, 0.05) is 6.42 Å². The van der Waals surface area contributed by atoms with Gasteiger partial charge in [-0.3, -0.25) is 4.79 Å². The fourth-order valence-corrected chi connectivity index (χ4v) is 1.42. The quantitative estimate of drug-likeness (QED) is 0.889. The smallest absolute Gasteiger partial charge is 0.408 e. The van der Waals surface area contributed by atoms with E-state index in [1.807, 2.05) is 30.3 Å². The number of nitrogens with one attached hydrogen (secondary N) is 1. The van der Waals surface area contributed by atoms with Gasteiger partial charge in [0.2, 0.25) is 6.29 Å². The van der Waals surface area contributed by atoms with Crippen LogP contribution in [-0.4, -0.2) is 24.0 Å². The first-order valence-electron chi connectivity index (χ1n) is 5.82. The van der Waals surface area contributed by atoms with Crippen LogP contribution in [0, 0.1) is 0 Å². The Hall–Kier alpha value is -1.84. The molecule has 4 heteroatoms. The third-order valence-corrected chi connectivity index (χ3v) is 2.12. The van der Waals surface area contributed by atoms with Gasteiger partial charge < -0.3 is 10.1 Å². The molecule has 1 aromatic rings. The van der Waals surface area contributed by atoms with E-state index in [1.54, 1.807) is 27.1 Å². The molecule has 0 heterocycles. The highest BCUT2D eigenvalue weighted by Gasteiger charge is 2.19. The first-order chi connectivity index (χ1) is 8.40. The molecule has 1 N–H and O–H groups in total. The minimum atomic E-state index is -0.692. The molecule has 1 unspecified atom stereocenters. The second kappa shape index (κ2) is 6.19. The van der Waals surface area contributed by atoms with Crippen LogP contribution >= 0.6 is 0 Å². The number of hydrogen-bond acceptors (Lipinski definition) is 3. The highest BCUT2D eigenvalue weighted by molar-refractivity contribution is 5.73. The number of hydrogen-bond donors (Lipinski definition) is 1. The molecular formula is C14H18NO3. The Balaban J connectivity index is 2.53. The van der Waals surface area contributed by atoms with E-state index in [9.17, 15) is 9.59 Å². The molecule has 1 atom stereocenters. The lowest BCUT2D eigenvalue weighted by Gasteiger charge is -2.21. The maximum absolute atomic E-state index is 11.5. The van der Waals surface area contributed by atoms with E-state index >= 15 is 0 Å². The van der Waals surface area contributed by atoms with Crippen LogP contribution in [0.2, 0.25) is 0 Å². The predicted molar refractivity (Wildman–Crippen MR) is 69.0 cm³/mol. The molecule has 97 valence electrons. The number of carbonyl (C=O) groups is 1. The lowest BCUT2D eigenvalue weighted by molar-refractivity contribution is 0.0517. The number of alkyl carbamates (subject to hydrolysis) is 1. The van der Waals surface area contributed by atoms with Gasteiger partial charge in [-0.25, -0.2) is 4.79 Å². The molecule has 1 aromatic carbocycles. The van der Waals surface area contributed by atoms with Crippen molar-refractivity contribution < 1.29 is 14.3 Å². The van der Waals surface area contributed by atoms with Crippen molar-refractivity contribution in [2.24, 2.45) is 0 Å². The number of rotatable bonds is 4. The van der Waals surface area contributed by atoms with E-state index in [4.69, 9.17) is 4.74 Å². The van der Waals surface area contributed by atoms with Gasteiger partial charge in [0.05, 0.1) is 0 Å². The molecule has 0 aromatic heterocycles. The van der Waals surface area contributed by atoms with Crippen molar-refractivity contribution in [1.82, 2.24) is 5.32 Å². The summed E-state index contributed by atoms with van der Waals surface area (Å²) in [7, 11) is 0. The summed E-state index contributed by atoms with van der Waals surface area (Å²) in [6, 6.07) is 8.74. The molecule has 0 bridgehead atoms. The molecular weight excluding hydrogens is 230 g/mol. The number of benzene rings is 1. The predicted octanol–water partition coefficient (Wildman–Crippen LogP) is 2.23. The fraction of sp³-hybridized carbons (Fsp3) is 0.429. The Labute approximate surface area is 107 Å². The molecule has 0 aliphatic heterocycles. The van der Waals surface area contributed by atoms with Gasteiger partial charge in [0.15, 0.2) is 0 Å². The average Bonchev–Trinajstić information content (AvgIpc) is 2.27. The second-order valence-corrected chi connectivity index (χ2v) is 5.01. The van der Waals surface area contributed by atoms with Crippen molar-refractivity contribution >= 4 is 12.4 Å². The monoisotopic (exact) mass is 248 g/mol. The van der Waals surface area contributed by atoms with E-state index < -0.39 is 17.7 Å². The molecule has 0 spiro atoms. The Morgan fingerprint density at radius 3 is 2.44 bits per heavy atom. The van der Waals surface area contributed by atoms with Gasteiger partial charge in [0.1, 0.15) is 11.6 Å². The van der Waals surface area contributed by atoms with E-state index in [0.717, 1.165) is 5.56 Å². The van der Waals surface area contributed by atoms with Gasteiger partial charge in [-0.2, -0.15) is 0 Å². The average molecular weight is 248 g/mol. The van der Waals surface area contributed by atoms with Crippen LogP contribution in [-0.2, 0) is 16.0 Å². The summed E-state index contributed by atoms with van der Waals surface area (Å²) in [5.41, 5.74) is 0.381. The standard InChI is InChI=1S/C14H18NO3/c1-14(2,3)18-13(17)15-12(10-16)9-11-7-5-4-6-8-11/h4-8,12H,9H2,1-3H3,(H,15,17). The minimum absolute atomic E-state index is 0.406. The molecule has 1 amide bonds. The lowest BCUT2D eigenvalue weighted by Crippen LogP contribution is -2.41. The number of amides is 1. The fourth-order valence-electron chi connectivity index (χ4n) is 1.42. The molecule has 1 radical (unpaired) electrons. The molecule has 4 nitrogen and oxygen atoms in total. The van der Waals surface area contributed by atoms with Crippen molar-refractivity contribution in [2.75, 3.05) is 0 Å². The number of ether oxygens (including phenoxy) is 1. The molecule has 0 aliphatic rings. The first-order valence-corrected chi connectivity index (χ1v) is 5.82. The molecule has 0 saturated carbocycles. The highest BCUT2D eigenvalue weighted by atomic mass is 16.6. The summed E-state index contributed by atoms with van der Waals surface area (Å²) >= 11 is 0. The van der Waals surface area contributed by atoms with Crippen LogP contribution in [0.5, 0.6) is 0 Å². The summed E-state index contributed by atoms with van der Waals surface area (Å²) in [5.74, 6) is 0. The maximum Gasteiger partial charge on any atom is 0.408 e. The van der Waals surface area contributed by atoms with Crippen LogP contribution in [0.25, 0.3) is 0 Å². The van der Waals surface area contributed by atoms with Crippen molar-refractivity contribution in [3.05, 3.63) is 35.9 Å². The first kappa shape index (κ1) is 14.2. The SMILES string of the molecule is CC(C)(C)OC(=O)NC([C]=O)Cc1ccccc1. The molecule has 0 saturated heterocycles. The Morgan fingerprint density at radius 2 is 1.94 bits per heavy atom. The third-order valence-electron chi connectivity index (χ3n) is 2.12. The molecule has 0 fully saturated rings. The van der Waals surface area contributed by atoms with E-state index in [1.165, 1.54) is 0 Å². The van der Waals surface area contributed by atoms with Gasteiger partial charge in [-0.15, -0.1) is 0 Å². The van der Waals surface area contributed by atoms with Gasteiger partial charge in [-0.05, 0) is 26.3 Å². The highest BCUT2D eigenvalue weighted by Crippen LogP contribution is 2.07. The largest absolute Gasteiger partial charge is 0.444 e. The summed E-state index contributed by atoms with van der Waals surface area (Å²) in [5, 5.41) is 2.49. The van der Waals surface area contributed by atoms with E-state index in [-0.39, 0.29) is 0 Å². The zero-order valence-electron chi connectivity index (χ0n) is 10.9. The van der Waals surface area contributed by atoms with E-state index in [0.29, 0.717) is 6.42 Å². The van der Waals surface area contributed by atoms with Crippen molar-refractivity contribution in [3.8, 4) is 0 Å². The van der Waals surface area contributed by atoms with Crippen LogP contribution in [0.1, 0.15) is 26.3 Å². The lowest BCUT2D eigenvalue weighted by atomic mass is 10.1. The topological polar surface area (TPSA) is 55.4 Å². The Bertz CT molecular complexity index is 395. The summed E-state index contributed by atoms with van der Waals surface area (Å²) in [6.45, 7) is 5.30. The summed E-state index contributed by atoms with van der Waals surface area (Å²) in [4.78, 5) is 22.3. The van der Waals surface area contributed by atoms with E-state index in [2.05, 4.69) is 5.32 Å². The van der Waals surface area contributed by atoms with Crippen molar-refractivity contribution in [2.45, 2.75) is 38.8 Å². The number of carbonyl (C=O) groups excluding carboxylic acids is 2. The van der Waals surface area contributed by atoms with Crippen LogP contribution < -0.4 is 5.32 Å². The summed E-state index contributed by atoms with van der Waals surface area (Å²) < 4.78 is 5.08. The van der Waals surface area contributed by atoms with Crippen LogP contribution in [0.4, 0.5) is 4.79 Å². The molecule has 1 rings (SSSR count). The van der Waals surface area contributed by atoms with Gasteiger partial charge >= 0.3 is 6.09 Å². The van der Waals surface area contributed by atoms with Crippen LogP contribution in [0.3, 0.4) is 0 Å². The minimum Gasteiger partial charge on any atom is -0.444 e. The maximum atomic E-state index is 11.5. The van der Waals surface area contributed by atoms with Crippen molar-refractivity contribution in [3.63, 3.8) is 0 Å². The Kier molecular flexibility index (Phi) is 4.89. The zero-order chi connectivity index (χ0) is 13.6. The molecule has 18 heavy (non-hydrogen) atoms. The van der Waals surface area contributed by atoms with Gasteiger partial charge in [0.25, 0.3) is 0 Å². The van der Waals surface area contributed by atoms with Crippen molar-refractivity contribution in [1.29, 1.82) is 0 Å². The van der Waals surface area contributed by atoms with Crippen LogP contribution in [0.15, 0.2) is 30.3 Å².